The Balaban J connectivity index is 2.16. The van der Waals surface area contributed by atoms with Crippen LogP contribution in [0.2, 0.25) is 0 Å². The van der Waals surface area contributed by atoms with Crippen LogP contribution >= 0.6 is 11.6 Å². The van der Waals surface area contributed by atoms with Gasteiger partial charge in [0.2, 0.25) is 0 Å². The number of nitrogens with zero attached hydrogens (tertiary/aromatic N) is 2. The molecule has 1 aromatic heterocycles. The lowest BCUT2D eigenvalue weighted by molar-refractivity contribution is 0.350. The zero-order valence-corrected chi connectivity index (χ0v) is 13.3. The number of halogens is 1. The zero-order valence-electron chi connectivity index (χ0n) is 12.6. The lowest BCUT2D eigenvalue weighted by Crippen LogP contribution is -2.15. The van der Waals surface area contributed by atoms with Crippen molar-refractivity contribution in [2.24, 2.45) is 0 Å². The summed E-state index contributed by atoms with van der Waals surface area (Å²) in [5, 5.41) is 0. The molecule has 0 spiro atoms. The highest BCUT2D eigenvalue weighted by Crippen LogP contribution is 2.37. The predicted molar refractivity (Wildman–Crippen MR) is 84.5 cm³/mol. The number of alkyl halides is 1. The summed E-state index contributed by atoms with van der Waals surface area (Å²) in [7, 11) is 3.30. The molecule has 2 aromatic rings. The first-order valence-corrected chi connectivity index (χ1v) is 8.00. The summed E-state index contributed by atoms with van der Waals surface area (Å²) in [5.41, 5.74) is 2.02. The molecule has 0 saturated heterocycles. The van der Waals surface area contributed by atoms with E-state index in [0.717, 1.165) is 22.6 Å². The smallest absolute Gasteiger partial charge is 0.163 e. The van der Waals surface area contributed by atoms with Gasteiger partial charge in [-0.05, 0) is 12.8 Å². The number of benzene rings is 1. The first kappa shape index (κ1) is 14.5. The van der Waals surface area contributed by atoms with Crippen molar-refractivity contribution in [3.05, 3.63) is 18.0 Å². The molecule has 3 rings (SSSR count). The number of hydrogen-bond donors (Lipinski definition) is 0. The molecule has 0 aliphatic heterocycles. The molecule has 1 heterocycles. The third-order valence-electron chi connectivity index (χ3n) is 4.33. The molecule has 1 aliphatic carbocycles. The summed E-state index contributed by atoms with van der Waals surface area (Å²) in [5.74, 6) is 2.81. The van der Waals surface area contributed by atoms with Crippen molar-refractivity contribution < 1.29 is 9.47 Å². The van der Waals surface area contributed by atoms with Crippen molar-refractivity contribution in [1.82, 2.24) is 9.55 Å². The Morgan fingerprint density at radius 1 is 1.14 bits per heavy atom. The Morgan fingerprint density at radius 3 is 2.43 bits per heavy atom. The summed E-state index contributed by atoms with van der Waals surface area (Å²) >= 11 is 6.12. The van der Waals surface area contributed by atoms with E-state index in [1.165, 1.54) is 32.1 Å². The van der Waals surface area contributed by atoms with Gasteiger partial charge >= 0.3 is 0 Å². The maximum Gasteiger partial charge on any atom is 0.163 e. The predicted octanol–water partition coefficient (Wildman–Crippen LogP) is 4.30. The maximum atomic E-state index is 6.12. The van der Waals surface area contributed by atoms with Crippen LogP contribution in [0.4, 0.5) is 0 Å². The van der Waals surface area contributed by atoms with Crippen LogP contribution < -0.4 is 9.47 Å². The fourth-order valence-electron chi connectivity index (χ4n) is 3.31. The molecule has 0 bridgehead atoms. The van der Waals surface area contributed by atoms with Crippen LogP contribution in [0.5, 0.6) is 11.5 Å². The molecule has 1 fully saturated rings. The summed E-state index contributed by atoms with van der Waals surface area (Å²) in [4.78, 5) is 4.69. The molecule has 114 valence electrons. The van der Waals surface area contributed by atoms with Gasteiger partial charge in [-0.15, -0.1) is 11.6 Å². The van der Waals surface area contributed by atoms with Crippen LogP contribution in [0.25, 0.3) is 11.0 Å². The normalized spacial score (nSPS) is 16.3. The molecule has 0 radical (unpaired) electrons. The molecule has 4 nitrogen and oxygen atoms in total. The summed E-state index contributed by atoms with van der Waals surface area (Å²) < 4.78 is 13.1. The average Bonchev–Trinajstić information content (AvgIpc) is 2.91. The van der Waals surface area contributed by atoms with Gasteiger partial charge in [-0.2, -0.15) is 0 Å². The Hall–Kier alpha value is -1.42. The molecule has 1 aromatic carbocycles. The van der Waals surface area contributed by atoms with Crippen LogP contribution in [-0.2, 0) is 5.88 Å². The van der Waals surface area contributed by atoms with Gasteiger partial charge in [-0.3, -0.25) is 0 Å². The minimum Gasteiger partial charge on any atom is -0.493 e. The van der Waals surface area contributed by atoms with Crippen LogP contribution in [-0.4, -0.2) is 23.8 Å². The average molecular weight is 309 g/mol. The third kappa shape index (κ3) is 2.57. The second-order valence-corrected chi connectivity index (χ2v) is 5.79. The van der Waals surface area contributed by atoms with Gasteiger partial charge in [0.25, 0.3) is 0 Å². The first-order chi connectivity index (χ1) is 10.3. The fourth-order valence-corrected chi connectivity index (χ4v) is 3.50. The quantitative estimate of drug-likeness (QED) is 0.790. The van der Waals surface area contributed by atoms with Gasteiger partial charge in [-0.25, -0.2) is 4.98 Å². The van der Waals surface area contributed by atoms with E-state index in [-0.39, 0.29) is 0 Å². The Labute approximate surface area is 130 Å². The molecule has 1 saturated carbocycles. The maximum absolute atomic E-state index is 6.12. The SMILES string of the molecule is COc1cc2nc(CCl)n(C3CCCCC3)c2cc1OC. The second-order valence-electron chi connectivity index (χ2n) is 5.52. The van der Waals surface area contributed by atoms with Gasteiger partial charge < -0.3 is 14.0 Å². The number of imidazole rings is 1. The molecular weight excluding hydrogens is 288 g/mol. The Kier molecular flexibility index (Phi) is 4.24. The van der Waals surface area contributed by atoms with Gasteiger partial charge in [-0.1, -0.05) is 19.3 Å². The van der Waals surface area contributed by atoms with Crippen molar-refractivity contribution in [2.75, 3.05) is 14.2 Å². The van der Waals surface area contributed by atoms with E-state index >= 15 is 0 Å². The van der Waals surface area contributed by atoms with Gasteiger partial charge in [0.1, 0.15) is 5.82 Å². The highest BCUT2D eigenvalue weighted by Gasteiger charge is 2.22. The Bertz CT molecular complexity index is 633. The highest BCUT2D eigenvalue weighted by atomic mass is 35.5. The molecule has 21 heavy (non-hydrogen) atoms. The number of methoxy groups -OCH3 is 2. The lowest BCUT2D eigenvalue weighted by Gasteiger charge is -2.25. The van der Waals surface area contributed by atoms with Gasteiger partial charge in [0.15, 0.2) is 11.5 Å². The standard InChI is InChI=1S/C16H21ClN2O2/c1-20-14-8-12-13(9-15(14)21-2)19(16(10-17)18-12)11-6-4-3-5-7-11/h8-9,11H,3-7,10H2,1-2H3. The number of aromatic nitrogens is 2. The van der Waals surface area contributed by atoms with E-state index < -0.39 is 0 Å². The van der Waals surface area contributed by atoms with Crippen molar-refractivity contribution in [3.8, 4) is 11.5 Å². The minimum atomic E-state index is 0.426. The van der Waals surface area contributed by atoms with Crippen LogP contribution in [0.15, 0.2) is 12.1 Å². The highest BCUT2D eigenvalue weighted by molar-refractivity contribution is 6.16. The fraction of sp³-hybridized carbons (Fsp3) is 0.562. The molecule has 0 amide bonds. The number of hydrogen-bond acceptors (Lipinski definition) is 3. The summed E-state index contributed by atoms with van der Waals surface area (Å²) in [6.07, 6.45) is 6.28. The molecule has 0 atom stereocenters. The van der Waals surface area contributed by atoms with Crippen LogP contribution in [0.1, 0.15) is 44.0 Å². The van der Waals surface area contributed by atoms with E-state index in [1.54, 1.807) is 14.2 Å². The van der Waals surface area contributed by atoms with Gasteiger partial charge in [0.05, 0.1) is 31.1 Å². The molecule has 1 aliphatic rings. The third-order valence-corrected chi connectivity index (χ3v) is 4.57. The van der Waals surface area contributed by atoms with Gasteiger partial charge in [0, 0.05) is 18.2 Å². The van der Waals surface area contributed by atoms with Crippen molar-refractivity contribution in [1.29, 1.82) is 0 Å². The summed E-state index contributed by atoms with van der Waals surface area (Å²) in [6.45, 7) is 0. The molecule has 0 unspecified atom stereocenters. The molecule has 5 heteroatoms. The first-order valence-electron chi connectivity index (χ1n) is 7.47. The van der Waals surface area contributed by atoms with Crippen molar-refractivity contribution >= 4 is 22.6 Å². The largest absolute Gasteiger partial charge is 0.493 e. The van der Waals surface area contributed by atoms with E-state index in [4.69, 9.17) is 21.1 Å². The Morgan fingerprint density at radius 2 is 1.81 bits per heavy atom. The van der Waals surface area contributed by atoms with Crippen LogP contribution in [0.3, 0.4) is 0 Å². The lowest BCUT2D eigenvalue weighted by atomic mass is 9.95. The number of fused-ring (bicyclic) bond motifs is 1. The van der Waals surface area contributed by atoms with E-state index in [2.05, 4.69) is 9.55 Å². The van der Waals surface area contributed by atoms with E-state index in [9.17, 15) is 0 Å². The second kappa shape index (κ2) is 6.14. The minimum absolute atomic E-state index is 0.426. The number of rotatable bonds is 4. The molecule has 0 N–H and O–H groups in total. The number of ether oxygens (including phenoxy) is 2. The van der Waals surface area contributed by atoms with E-state index in [0.29, 0.717) is 17.7 Å². The van der Waals surface area contributed by atoms with E-state index in [1.807, 2.05) is 12.1 Å². The van der Waals surface area contributed by atoms with Crippen molar-refractivity contribution in [2.45, 2.75) is 44.0 Å². The monoisotopic (exact) mass is 308 g/mol. The molecular formula is C16H21ClN2O2. The van der Waals surface area contributed by atoms with Crippen molar-refractivity contribution in [3.63, 3.8) is 0 Å². The van der Waals surface area contributed by atoms with Crippen LogP contribution in [0, 0.1) is 0 Å². The zero-order chi connectivity index (χ0) is 14.8. The topological polar surface area (TPSA) is 36.3 Å². The summed E-state index contributed by atoms with van der Waals surface area (Å²) in [6, 6.07) is 4.45.